The number of hydrogen-bond acceptors (Lipinski definition) is 4. The van der Waals surface area contributed by atoms with Gasteiger partial charge in [-0.15, -0.1) is 0 Å². The maximum atomic E-state index is 5.53. The average Bonchev–Trinajstić information content (AvgIpc) is 3.03. The summed E-state index contributed by atoms with van der Waals surface area (Å²) in [5.74, 6) is 1.43. The number of hydrogen-bond donors (Lipinski definition) is 1. The Kier molecular flexibility index (Phi) is 5.20. The van der Waals surface area contributed by atoms with Crippen molar-refractivity contribution >= 4 is 0 Å². The van der Waals surface area contributed by atoms with Gasteiger partial charge in [-0.2, -0.15) is 5.10 Å². The van der Waals surface area contributed by atoms with E-state index in [0.29, 0.717) is 5.92 Å². The third-order valence-corrected chi connectivity index (χ3v) is 3.63. The fourth-order valence-electron chi connectivity index (χ4n) is 2.54. The molecule has 21 heavy (non-hydrogen) atoms. The molecule has 2 aromatic rings. The number of furan rings is 1. The van der Waals surface area contributed by atoms with Crippen molar-refractivity contribution < 1.29 is 4.42 Å². The summed E-state index contributed by atoms with van der Waals surface area (Å²) in [6, 6.07) is 4.19. The van der Waals surface area contributed by atoms with Gasteiger partial charge in [-0.3, -0.25) is 9.58 Å². The predicted octanol–water partition coefficient (Wildman–Crippen LogP) is 2.53. The molecular weight excluding hydrogens is 264 g/mol. The molecular formula is C16H26N4O. The van der Waals surface area contributed by atoms with E-state index < -0.39 is 0 Å². The van der Waals surface area contributed by atoms with E-state index in [0.717, 1.165) is 18.8 Å². The molecule has 5 nitrogen and oxygen atoms in total. The van der Waals surface area contributed by atoms with Gasteiger partial charge in [0.1, 0.15) is 5.76 Å². The average molecular weight is 290 g/mol. The lowest BCUT2D eigenvalue weighted by Crippen LogP contribution is -2.30. The van der Waals surface area contributed by atoms with Crippen LogP contribution in [-0.4, -0.2) is 35.3 Å². The number of aryl methyl sites for hydroxylation is 1. The van der Waals surface area contributed by atoms with Gasteiger partial charge in [-0.1, -0.05) is 13.8 Å². The van der Waals surface area contributed by atoms with Crippen LogP contribution in [0.3, 0.4) is 0 Å². The molecule has 0 bridgehead atoms. The summed E-state index contributed by atoms with van der Waals surface area (Å²) in [7, 11) is 6.11. The van der Waals surface area contributed by atoms with Crippen LogP contribution < -0.4 is 5.32 Å². The maximum Gasteiger partial charge on any atom is 0.122 e. The highest BCUT2D eigenvalue weighted by Crippen LogP contribution is 2.19. The van der Waals surface area contributed by atoms with Crippen LogP contribution in [0.4, 0.5) is 0 Å². The second kappa shape index (κ2) is 6.91. The van der Waals surface area contributed by atoms with E-state index in [2.05, 4.69) is 49.5 Å². The molecule has 2 rings (SSSR count). The van der Waals surface area contributed by atoms with Crippen molar-refractivity contribution in [3.63, 3.8) is 0 Å². The van der Waals surface area contributed by atoms with Gasteiger partial charge in [-0.05, 0) is 32.1 Å². The van der Waals surface area contributed by atoms with Crippen LogP contribution in [0.2, 0.25) is 0 Å². The quantitative estimate of drug-likeness (QED) is 0.851. The predicted molar refractivity (Wildman–Crippen MR) is 84.1 cm³/mol. The van der Waals surface area contributed by atoms with Crippen molar-refractivity contribution in [2.24, 2.45) is 7.05 Å². The number of aromatic nitrogens is 2. The SMILES string of the molecule is CC(C)c1nn(C)cc1CNCC(c1ccco1)N(C)C. The second-order valence-corrected chi connectivity index (χ2v) is 5.99. The van der Waals surface area contributed by atoms with Gasteiger partial charge in [0.2, 0.25) is 0 Å². The molecule has 0 saturated heterocycles. The Balaban J connectivity index is 1.97. The van der Waals surface area contributed by atoms with Gasteiger partial charge in [0.25, 0.3) is 0 Å². The fourth-order valence-corrected chi connectivity index (χ4v) is 2.54. The minimum absolute atomic E-state index is 0.235. The highest BCUT2D eigenvalue weighted by Gasteiger charge is 2.17. The first-order valence-electron chi connectivity index (χ1n) is 7.42. The summed E-state index contributed by atoms with van der Waals surface area (Å²) in [5, 5.41) is 8.07. The molecule has 0 aromatic carbocycles. The van der Waals surface area contributed by atoms with Gasteiger partial charge in [-0.25, -0.2) is 0 Å². The lowest BCUT2D eigenvalue weighted by molar-refractivity contribution is 0.250. The molecule has 1 atom stereocenters. The van der Waals surface area contributed by atoms with E-state index in [4.69, 9.17) is 4.42 Å². The number of likely N-dealkylation sites (N-methyl/N-ethyl adjacent to an activating group) is 1. The molecule has 1 N–H and O–H groups in total. The Morgan fingerprint density at radius 2 is 2.14 bits per heavy atom. The monoisotopic (exact) mass is 290 g/mol. The lowest BCUT2D eigenvalue weighted by Gasteiger charge is -2.22. The number of rotatable bonds is 7. The highest BCUT2D eigenvalue weighted by molar-refractivity contribution is 5.20. The third-order valence-electron chi connectivity index (χ3n) is 3.63. The van der Waals surface area contributed by atoms with Crippen LogP contribution >= 0.6 is 0 Å². The summed E-state index contributed by atoms with van der Waals surface area (Å²) in [5.41, 5.74) is 2.44. The van der Waals surface area contributed by atoms with E-state index in [1.165, 1.54) is 11.3 Å². The van der Waals surface area contributed by atoms with E-state index in [1.54, 1.807) is 6.26 Å². The van der Waals surface area contributed by atoms with Crippen LogP contribution in [0.25, 0.3) is 0 Å². The van der Waals surface area contributed by atoms with Gasteiger partial charge < -0.3 is 9.73 Å². The van der Waals surface area contributed by atoms with Crippen molar-refractivity contribution in [2.75, 3.05) is 20.6 Å². The molecule has 2 aromatic heterocycles. The van der Waals surface area contributed by atoms with Gasteiger partial charge in [0.05, 0.1) is 18.0 Å². The van der Waals surface area contributed by atoms with E-state index in [9.17, 15) is 0 Å². The normalized spacial score (nSPS) is 13.3. The largest absolute Gasteiger partial charge is 0.468 e. The molecule has 0 aliphatic rings. The Labute approximate surface area is 126 Å². The summed E-state index contributed by atoms with van der Waals surface area (Å²) in [6.07, 6.45) is 3.82. The Bertz CT molecular complexity index is 543. The Morgan fingerprint density at radius 1 is 1.38 bits per heavy atom. The topological polar surface area (TPSA) is 46.2 Å². The van der Waals surface area contributed by atoms with Crippen LogP contribution in [0.1, 0.15) is 42.8 Å². The number of nitrogens with one attached hydrogen (secondary N) is 1. The smallest absolute Gasteiger partial charge is 0.122 e. The maximum absolute atomic E-state index is 5.53. The summed E-state index contributed by atoms with van der Waals surface area (Å²) < 4.78 is 7.42. The standard InChI is InChI=1S/C16H26N4O/c1-12(2)16-13(11-20(5)18-16)9-17-10-14(19(3)4)15-7-6-8-21-15/h6-8,11-12,14,17H,9-10H2,1-5H3. The van der Waals surface area contributed by atoms with Crippen molar-refractivity contribution in [1.82, 2.24) is 20.0 Å². The molecule has 0 spiro atoms. The van der Waals surface area contributed by atoms with Crippen molar-refractivity contribution in [2.45, 2.75) is 32.4 Å². The molecule has 1 unspecified atom stereocenters. The highest BCUT2D eigenvalue weighted by atomic mass is 16.3. The molecule has 116 valence electrons. The summed E-state index contributed by atoms with van der Waals surface area (Å²) in [4.78, 5) is 2.17. The zero-order chi connectivity index (χ0) is 15.4. The number of nitrogens with zero attached hydrogens (tertiary/aromatic N) is 3. The van der Waals surface area contributed by atoms with Crippen molar-refractivity contribution in [3.05, 3.63) is 41.6 Å². The lowest BCUT2D eigenvalue weighted by atomic mass is 10.1. The summed E-state index contributed by atoms with van der Waals surface area (Å²) in [6.45, 7) is 6.02. The van der Waals surface area contributed by atoms with E-state index >= 15 is 0 Å². The molecule has 0 aliphatic carbocycles. The zero-order valence-electron chi connectivity index (χ0n) is 13.6. The first-order chi connectivity index (χ1) is 9.99. The minimum atomic E-state index is 0.235. The first-order valence-corrected chi connectivity index (χ1v) is 7.42. The third kappa shape index (κ3) is 3.95. The second-order valence-electron chi connectivity index (χ2n) is 5.99. The van der Waals surface area contributed by atoms with Crippen molar-refractivity contribution in [1.29, 1.82) is 0 Å². The van der Waals surface area contributed by atoms with E-state index in [-0.39, 0.29) is 6.04 Å². The van der Waals surface area contributed by atoms with Crippen LogP contribution in [-0.2, 0) is 13.6 Å². The Hall–Kier alpha value is -1.59. The molecule has 0 radical (unpaired) electrons. The molecule has 0 saturated carbocycles. The molecule has 0 aliphatic heterocycles. The minimum Gasteiger partial charge on any atom is -0.468 e. The molecule has 5 heteroatoms. The molecule has 0 fully saturated rings. The zero-order valence-corrected chi connectivity index (χ0v) is 13.6. The van der Waals surface area contributed by atoms with Crippen LogP contribution in [0, 0.1) is 0 Å². The van der Waals surface area contributed by atoms with Gasteiger partial charge in [0, 0.05) is 31.9 Å². The van der Waals surface area contributed by atoms with Crippen molar-refractivity contribution in [3.8, 4) is 0 Å². The van der Waals surface area contributed by atoms with Gasteiger partial charge in [0.15, 0.2) is 0 Å². The Morgan fingerprint density at radius 3 is 2.71 bits per heavy atom. The van der Waals surface area contributed by atoms with E-state index in [1.807, 2.05) is 23.9 Å². The molecule has 2 heterocycles. The van der Waals surface area contributed by atoms with Gasteiger partial charge >= 0.3 is 0 Å². The van der Waals surface area contributed by atoms with Crippen LogP contribution in [0.5, 0.6) is 0 Å². The van der Waals surface area contributed by atoms with Crippen LogP contribution in [0.15, 0.2) is 29.0 Å². The fraction of sp³-hybridized carbons (Fsp3) is 0.562. The molecule has 0 amide bonds. The first kappa shape index (κ1) is 15.8. The summed E-state index contributed by atoms with van der Waals surface area (Å²) >= 11 is 0.